The number of amides is 1. The van der Waals surface area contributed by atoms with Crippen molar-refractivity contribution < 1.29 is 9.21 Å². The third-order valence-corrected chi connectivity index (χ3v) is 4.30. The minimum absolute atomic E-state index is 0.0559. The van der Waals surface area contributed by atoms with Crippen LogP contribution in [0.4, 0.5) is 0 Å². The summed E-state index contributed by atoms with van der Waals surface area (Å²) in [5, 5.41) is 0. The summed E-state index contributed by atoms with van der Waals surface area (Å²) >= 11 is 0. The molecule has 1 aliphatic heterocycles. The predicted molar refractivity (Wildman–Crippen MR) is 91.5 cm³/mol. The fourth-order valence-electron chi connectivity index (χ4n) is 3.15. The number of rotatable bonds is 4. The maximum Gasteiger partial charge on any atom is 0.276 e. The van der Waals surface area contributed by atoms with E-state index < -0.39 is 0 Å². The monoisotopic (exact) mass is 328 g/mol. The molecule has 1 atom stereocenters. The van der Waals surface area contributed by atoms with Gasteiger partial charge in [0, 0.05) is 31.9 Å². The SMILES string of the molecule is CC(C)C[C@H]1CN(C)CCN1C(=O)c1coc(-c2ccccn2)n1. The summed E-state index contributed by atoms with van der Waals surface area (Å²) < 4.78 is 5.47. The molecule has 0 N–H and O–H groups in total. The van der Waals surface area contributed by atoms with Crippen molar-refractivity contribution in [2.45, 2.75) is 26.3 Å². The van der Waals surface area contributed by atoms with Gasteiger partial charge in [0.25, 0.3) is 5.91 Å². The molecule has 1 saturated heterocycles. The van der Waals surface area contributed by atoms with E-state index in [1.54, 1.807) is 6.20 Å². The van der Waals surface area contributed by atoms with Gasteiger partial charge in [-0.1, -0.05) is 19.9 Å². The summed E-state index contributed by atoms with van der Waals surface area (Å²) in [4.78, 5) is 25.7. The van der Waals surface area contributed by atoms with Crippen molar-refractivity contribution >= 4 is 5.91 Å². The van der Waals surface area contributed by atoms with Crippen LogP contribution in [0.3, 0.4) is 0 Å². The van der Waals surface area contributed by atoms with Gasteiger partial charge in [-0.15, -0.1) is 0 Å². The molecule has 6 nitrogen and oxygen atoms in total. The number of hydrogen-bond acceptors (Lipinski definition) is 5. The zero-order valence-electron chi connectivity index (χ0n) is 14.5. The zero-order valence-corrected chi connectivity index (χ0v) is 14.5. The zero-order chi connectivity index (χ0) is 17.1. The first-order chi connectivity index (χ1) is 11.5. The molecule has 6 heteroatoms. The number of carbonyl (C=O) groups excluding carboxylic acids is 1. The van der Waals surface area contributed by atoms with E-state index in [0.29, 0.717) is 23.2 Å². The molecule has 1 fully saturated rings. The first kappa shape index (κ1) is 16.6. The van der Waals surface area contributed by atoms with Crippen LogP contribution in [0.2, 0.25) is 0 Å². The normalized spacial score (nSPS) is 19.0. The van der Waals surface area contributed by atoms with Crippen LogP contribution in [0.25, 0.3) is 11.6 Å². The minimum atomic E-state index is -0.0559. The van der Waals surface area contributed by atoms with Crippen LogP contribution in [-0.4, -0.2) is 58.4 Å². The number of carbonyl (C=O) groups is 1. The highest BCUT2D eigenvalue weighted by atomic mass is 16.3. The van der Waals surface area contributed by atoms with Crippen molar-refractivity contribution in [2.75, 3.05) is 26.7 Å². The molecular weight excluding hydrogens is 304 g/mol. The highest BCUT2D eigenvalue weighted by molar-refractivity contribution is 5.92. The van der Waals surface area contributed by atoms with Gasteiger partial charge in [0.1, 0.15) is 12.0 Å². The number of piperazine rings is 1. The number of hydrogen-bond donors (Lipinski definition) is 0. The van der Waals surface area contributed by atoms with Crippen molar-refractivity contribution in [3.63, 3.8) is 0 Å². The number of aromatic nitrogens is 2. The van der Waals surface area contributed by atoms with Gasteiger partial charge < -0.3 is 14.2 Å². The highest BCUT2D eigenvalue weighted by Crippen LogP contribution is 2.21. The van der Waals surface area contributed by atoms with Gasteiger partial charge >= 0.3 is 0 Å². The van der Waals surface area contributed by atoms with Gasteiger partial charge in [0.2, 0.25) is 5.89 Å². The second-order valence-corrected chi connectivity index (χ2v) is 6.80. The van der Waals surface area contributed by atoms with Gasteiger partial charge in [-0.3, -0.25) is 9.78 Å². The predicted octanol–water partition coefficient (Wildman–Crippen LogP) is 2.54. The summed E-state index contributed by atoms with van der Waals surface area (Å²) in [6, 6.07) is 5.73. The fraction of sp³-hybridized carbons (Fsp3) is 0.500. The Morgan fingerprint density at radius 3 is 2.92 bits per heavy atom. The topological polar surface area (TPSA) is 62.5 Å². The molecular formula is C18H24N4O2. The Hall–Kier alpha value is -2.21. The van der Waals surface area contributed by atoms with Gasteiger partial charge in [-0.25, -0.2) is 4.98 Å². The quantitative estimate of drug-likeness (QED) is 0.863. The van der Waals surface area contributed by atoms with Crippen molar-refractivity contribution in [2.24, 2.45) is 5.92 Å². The molecule has 1 amide bonds. The van der Waals surface area contributed by atoms with Crippen molar-refractivity contribution in [3.05, 3.63) is 36.4 Å². The Balaban J connectivity index is 1.78. The van der Waals surface area contributed by atoms with E-state index in [0.717, 1.165) is 26.1 Å². The van der Waals surface area contributed by atoms with Crippen LogP contribution >= 0.6 is 0 Å². The van der Waals surface area contributed by atoms with Crippen LogP contribution in [0.1, 0.15) is 30.8 Å². The molecule has 0 aliphatic carbocycles. The molecule has 2 aromatic rings. The second kappa shape index (κ2) is 7.13. The van der Waals surface area contributed by atoms with E-state index in [2.05, 4.69) is 35.8 Å². The van der Waals surface area contributed by atoms with E-state index in [4.69, 9.17) is 4.42 Å². The summed E-state index contributed by atoms with van der Waals surface area (Å²) in [7, 11) is 2.10. The van der Waals surface area contributed by atoms with E-state index in [9.17, 15) is 4.79 Å². The Bertz CT molecular complexity index is 681. The largest absolute Gasteiger partial charge is 0.442 e. The Morgan fingerprint density at radius 1 is 1.38 bits per heavy atom. The maximum atomic E-state index is 12.9. The van der Waals surface area contributed by atoms with Crippen LogP contribution in [0.15, 0.2) is 35.1 Å². The van der Waals surface area contributed by atoms with E-state index in [1.165, 1.54) is 6.26 Å². The van der Waals surface area contributed by atoms with Crippen LogP contribution in [0.5, 0.6) is 0 Å². The lowest BCUT2D eigenvalue weighted by Crippen LogP contribution is -2.54. The standard InChI is InChI=1S/C18H24N4O2/c1-13(2)10-14-11-21(3)8-9-22(14)18(23)16-12-24-17(20-16)15-6-4-5-7-19-15/h4-7,12-14H,8-11H2,1-3H3/t14-/m0/s1. The van der Waals surface area contributed by atoms with Crippen LogP contribution < -0.4 is 0 Å². The Kier molecular flexibility index (Phi) is 4.94. The van der Waals surface area contributed by atoms with Gasteiger partial charge in [-0.05, 0) is 31.5 Å². The van der Waals surface area contributed by atoms with Crippen molar-refractivity contribution in [3.8, 4) is 11.6 Å². The molecule has 0 aromatic carbocycles. The molecule has 0 unspecified atom stereocenters. The number of oxazole rings is 1. The van der Waals surface area contributed by atoms with E-state index in [1.807, 2.05) is 23.1 Å². The molecule has 3 heterocycles. The number of nitrogens with zero attached hydrogens (tertiary/aromatic N) is 4. The lowest BCUT2D eigenvalue weighted by Gasteiger charge is -2.40. The number of likely N-dealkylation sites (N-methyl/N-ethyl adjacent to an activating group) is 1. The lowest BCUT2D eigenvalue weighted by molar-refractivity contribution is 0.0454. The van der Waals surface area contributed by atoms with Crippen LogP contribution in [-0.2, 0) is 0 Å². The smallest absolute Gasteiger partial charge is 0.276 e. The molecule has 0 bridgehead atoms. The summed E-state index contributed by atoms with van der Waals surface area (Å²) in [5.74, 6) is 0.867. The van der Waals surface area contributed by atoms with Crippen LogP contribution in [0, 0.1) is 5.92 Å². The second-order valence-electron chi connectivity index (χ2n) is 6.80. The molecule has 1 aliphatic rings. The Morgan fingerprint density at radius 2 is 2.21 bits per heavy atom. The maximum absolute atomic E-state index is 12.9. The first-order valence-electron chi connectivity index (χ1n) is 8.41. The van der Waals surface area contributed by atoms with Gasteiger partial charge in [0.15, 0.2) is 5.69 Å². The molecule has 0 radical (unpaired) electrons. The lowest BCUT2D eigenvalue weighted by atomic mass is 10.00. The minimum Gasteiger partial charge on any atom is -0.442 e. The third kappa shape index (κ3) is 3.64. The Labute approximate surface area is 142 Å². The van der Waals surface area contributed by atoms with Crippen molar-refractivity contribution in [1.82, 2.24) is 19.8 Å². The van der Waals surface area contributed by atoms with E-state index in [-0.39, 0.29) is 11.9 Å². The van der Waals surface area contributed by atoms with E-state index >= 15 is 0 Å². The van der Waals surface area contributed by atoms with Gasteiger partial charge in [0.05, 0.1) is 0 Å². The average molecular weight is 328 g/mol. The van der Waals surface area contributed by atoms with Gasteiger partial charge in [-0.2, -0.15) is 0 Å². The first-order valence-corrected chi connectivity index (χ1v) is 8.41. The summed E-state index contributed by atoms with van der Waals surface area (Å²) in [6.45, 7) is 6.87. The summed E-state index contributed by atoms with van der Waals surface area (Å²) in [6.07, 6.45) is 4.11. The summed E-state index contributed by atoms with van der Waals surface area (Å²) in [5.41, 5.74) is 0.989. The highest BCUT2D eigenvalue weighted by Gasteiger charge is 2.31. The molecule has 24 heavy (non-hydrogen) atoms. The van der Waals surface area contributed by atoms with Crippen molar-refractivity contribution in [1.29, 1.82) is 0 Å². The number of pyridine rings is 1. The molecule has 128 valence electrons. The average Bonchev–Trinajstić information content (AvgIpc) is 3.05. The molecule has 0 saturated carbocycles. The molecule has 0 spiro atoms. The molecule has 2 aromatic heterocycles. The molecule has 3 rings (SSSR count). The fourth-order valence-corrected chi connectivity index (χ4v) is 3.15. The third-order valence-electron chi connectivity index (χ3n) is 4.30.